The Kier molecular flexibility index (Phi) is 5.71. The van der Waals surface area contributed by atoms with Crippen molar-refractivity contribution in [3.63, 3.8) is 0 Å². The molecule has 1 aliphatic rings. The van der Waals surface area contributed by atoms with Crippen LogP contribution < -0.4 is 21.2 Å². The maximum absolute atomic E-state index is 12.4. The fourth-order valence-electron chi connectivity index (χ4n) is 3.23. The number of nitrogens with one attached hydrogen (secondary N) is 2. The SMILES string of the molecule is Cc1ccc(C)c(NC(=S)NCCC2C=c3c(C)ccc(C)c3=NC2=O)c1. The van der Waals surface area contributed by atoms with Gasteiger partial charge in [-0.15, -0.1) is 0 Å². The van der Waals surface area contributed by atoms with E-state index < -0.39 is 0 Å². The van der Waals surface area contributed by atoms with Crippen LogP contribution in [-0.4, -0.2) is 17.6 Å². The molecule has 2 aromatic rings. The van der Waals surface area contributed by atoms with Gasteiger partial charge in [0.1, 0.15) is 0 Å². The number of rotatable bonds is 4. The van der Waals surface area contributed by atoms with Crippen molar-refractivity contribution in [3.8, 4) is 0 Å². The first-order valence-electron chi connectivity index (χ1n) is 9.18. The first kappa shape index (κ1) is 19.2. The summed E-state index contributed by atoms with van der Waals surface area (Å²) in [6.45, 7) is 8.75. The summed E-state index contributed by atoms with van der Waals surface area (Å²) in [4.78, 5) is 16.7. The van der Waals surface area contributed by atoms with E-state index in [0.717, 1.165) is 33.0 Å². The highest BCUT2D eigenvalue weighted by Crippen LogP contribution is 2.16. The highest BCUT2D eigenvalue weighted by atomic mass is 32.1. The lowest BCUT2D eigenvalue weighted by Gasteiger charge is -2.16. The third-order valence-electron chi connectivity index (χ3n) is 4.93. The minimum Gasteiger partial charge on any atom is -0.362 e. The molecule has 140 valence electrons. The van der Waals surface area contributed by atoms with Crippen molar-refractivity contribution >= 4 is 35.0 Å². The van der Waals surface area contributed by atoms with Gasteiger partial charge in [0.15, 0.2) is 5.11 Å². The predicted molar refractivity (Wildman–Crippen MR) is 114 cm³/mol. The summed E-state index contributed by atoms with van der Waals surface area (Å²) in [5.74, 6) is -0.291. The Bertz CT molecular complexity index is 1030. The standard InChI is InChI=1S/C22H25N3OS/c1-13-5-6-15(3)19(11-13)24-22(27)23-10-9-17-12-18-14(2)7-8-16(4)20(18)25-21(17)26/h5-8,11-12,17H,9-10H2,1-4H3,(H2,23,24,27). The number of carbonyl (C=O) groups is 1. The van der Waals surface area contributed by atoms with Crippen LogP contribution in [0.4, 0.5) is 5.69 Å². The fourth-order valence-corrected chi connectivity index (χ4v) is 3.44. The van der Waals surface area contributed by atoms with E-state index in [4.69, 9.17) is 12.2 Å². The number of thiocarbonyl (C=S) groups is 1. The average Bonchev–Trinajstić information content (AvgIpc) is 2.62. The molecule has 0 aromatic heterocycles. The van der Waals surface area contributed by atoms with E-state index in [1.807, 2.05) is 19.9 Å². The molecule has 0 spiro atoms. The molecule has 1 amide bonds. The molecule has 4 nitrogen and oxygen atoms in total. The molecular weight excluding hydrogens is 354 g/mol. The maximum atomic E-state index is 12.4. The van der Waals surface area contributed by atoms with Gasteiger partial charge in [0.2, 0.25) is 0 Å². The molecule has 0 aliphatic carbocycles. The molecule has 0 saturated carbocycles. The Morgan fingerprint density at radius 1 is 1.07 bits per heavy atom. The van der Waals surface area contributed by atoms with Crippen LogP contribution >= 0.6 is 12.2 Å². The van der Waals surface area contributed by atoms with Crippen molar-refractivity contribution in [2.24, 2.45) is 10.9 Å². The fraction of sp³-hybridized carbons (Fsp3) is 0.318. The van der Waals surface area contributed by atoms with Gasteiger partial charge in [0.05, 0.1) is 11.3 Å². The zero-order valence-electron chi connectivity index (χ0n) is 16.2. The predicted octanol–water partition coefficient (Wildman–Crippen LogP) is 2.85. The molecule has 5 heteroatoms. The minimum atomic E-state index is -0.214. The summed E-state index contributed by atoms with van der Waals surface area (Å²) in [6.07, 6.45) is 2.71. The van der Waals surface area contributed by atoms with Crippen molar-refractivity contribution in [2.45, 2.75) is 34.1 Å². The molecule has 0 bridgehead atoms. The number of carbonyl (C=O) groups excluding carboxylic acids is 1. The van der Waals surface area contributed by atoms with E-state index in [1.165, 1.54) is 5.56 Å². The van der Waals surface area contributed by atoms with E-state index in [2.05, 4.69) is 59.8 Å². The maximum Gasteiger partial charge on any atom is 0.253 e. The summed E-state index contributed by atoms with van der Waals surface area (Å²) in [5, 5.41) is 8.90. The van der Waals surface area contributed by atoms with E-state index >= 15 is 0 Å². The van der Waals surface area contributed by atoms with Gasteiger partial charge in [-0.25, -0.2) is 4.99 Å². The van der Waals surface area contributed by atoms with Gasteiger partial charge < -0.3 is 10.6 Å². The van der Waals surface area contributed by atoms with Crippen LogP contribution in [-0.2, 0) is 4.79 Å². The second-order valence-corrected chi connectivity index (χ2v) is 7.58. The number of aryl methyl sites for hydroxylation is 4. The number of benzene rings is 2. The second kappa shape index (κ2) is 8.01. The van der Waals surface area contributed by atoms with E-state index in [9.17, 15) is 4.79 Å². The molecular formula is C22H25N3OS. The summed E-state index contributed by atoms with van der Waals surface area (Å²) in [5.41, 5.74) is 5.51. The number of hydrogen-bond acceptors (Lipinski definition) is 2. The molecule has 2 aromatic carbocycles. The van der Waals surface area contributed by atoms with Crippen LogP contribution in [0.15, 0.2) is 35.3 Å². The Labute approximate surface area is 165 Å². The molecule has 0 fully saturated rings. The lowest BCUT2D eigenvalue weighted by Crippen LogP contribution is -2.38. The van der Waals surface area contributed by atoms with Crippen molar-refractivity contribution in [2.75, 3.05) is 11.9 Å². The van der Waals surface area contributed by atoms with Gasteiger partial charge in [-0.05, 0) is 74.7 Å². The van der Waals surface area contributed by atoms with Crippen LogP contribution in [0.3, 0.4) is 0 Å². The van der Waals surface area contributed by atoms with Crippen LogP contribution in [0, 0.1) is 33.6 Å². The molecule has 3 rings (SSSR count). The van der Waals surface area contributed by atoms with Crippen LogP contribution in [0.25, 0.3) is 6.08 Å². The lowest BCUT2D eigenvalue weighted by molar-refractivity contribution is -0.120. The molecule has 0 saturated heterocycles. The Morgan fingerprint density at radius 3 is 2.56 bits per heavy atom. The largest absolute Gasteiger partial charge is 0.362 e. The van der Waals surface area contributed by atoms with Gasteiger partial charge >= 0.3 is 0 Å². The van der Waals surface area contributed by atoms with Crippen molar-refractivity contribution < 1.29 is 4.79 Å². The Morgan fingerprint density at radius 2 is 1.78 bits per heavy atom. The number of amides is 1. The number of hydrogen-bond donors (Lipinski definition) is 2. The third kappa shape index (κ3) is 4.42. The van der Waals surface area contributed by atoms with Gasteiger partial charge in [-0.2, -0.15) is 0 Å². The number of nitrogens with zero attached hydrogens (tertiary/aromatic N) is 1. The smallest absolute Gasteiger partial charge is 0.253 e. The summed E-state index contributed by atoms with van der Waals surface area (Å²) in [7, 11) is 0. The highest BCUT2D eigenvalue weighted by molar-refractivity contribution is 7.80. The Balaban J connectivity index is 1.63. The molecule has 2 N–H and O–H groups in total. The first-order valence-corrected chi connectivity index (χ1v) is 9.58. The van der Waals surface area contributed by atoms with Crippen molar-refractivity contribution in [1.29, 1.82) is 0 Å². The quantitative estimate of drug-likeness (QED) is 0.802. The first-order chi connectivity index (χ1) is 12.8. The zero-order valence-corrected chi connectivity index (χ0v) is 17.0. The van der Waals surface area contributed by atoms with Gasteiger partial charge in [0, 0.05) is 17.5 Å². The summed E-state index contributed by atoms with van der Waals surface area (Å²) < 4.78 is 0. The van der Waals surface area contributed by atoms with Crippen molar-refractivity contribution in [3.05, 3.63) is 63.2 Å². The van der Waals surface area contributed by atoms with E-state index in [0.29, 0.717) is 18.1 Å². The molecule has 1 heterocycles. The van der Waals surface area contributed by atoms with Crippen molar-refractivity contribution in [1.82, 2.24) is 5.32 Å². The molecule has 1 aliphatic heterocycles. The Hall–Kier alpha value is -2.53. The highest BCUT2D eigenvalue weighted by Gasteiger charge is 2.19. The van der Waals surface area contributed by atoms with Crippen LogP contribution in [0.5, 0.6) is 0 Å². The lowest BCUT2D eigenvalue weighted by atomic mass is 9.97. The second-order valence-electron chi connectivity index (χ2n) is 7.17. The molecule has 1 unspecified atom stereocenters. The van der Waals surface area contributed by atoms with Crippen LogP contribution in [0.1, 0.15) is 28.7 Å². The van der Waals surface area contributed by atoms with E-state index in [1.54, 1.807) is 0 Å². The summed E-state index contributed by atoms with van der Waals surface area (Å²) in [6, 6.07) is 10.3. The van der Waals surface area contributed by atoms with Crippen LogP contribution in [0.2, 0.25) is 0 Å². The molecule has 27 heavy (non-hydrogen) atoms. The average molecular weight is 380 g/mol. The molecule has 0 radical (unpaired) electrons. The number of anilines is 1. The monoisotopic (exact) mass is 379 g/mol. The summed E-state index contributed by atoms with van der Waals surface area (Å²) >= 11 is 5.40. The minimum absolute atomic E-state index is 0.0774. The molecule has 1 atom stereocenters. The third-order valence-corrected chi connectivity index (χ3v) is 5.17. The zero-order chi connectivity index (χ0) is 19.6. The van der Waals surface area contributed by atoms with Gasteiger partial charge in [0.25, 0.3) is 5.91 Å². The number of fused-ring (bicyclic) bond motifs is 1. The normalized spacial score (nSPS) is 15.4. The van der Waals surface area contributed by atoms with Gasteiger partial charge in [-0.1, -0.05) is 30.3 Å². The van der Waals surface area contributed by atoms with Gasteiger partial charge in [-0.3, -0.25) is 4.79 Å². The van der Waals surface area contributed by atoms with E-state index in [-0.39, 0.29) is 11.8 Å². The topological polar surface area (TPSA) is 53.5 Å².